The molecule has 2 heterocycles. The van der Waals surface area contributed by atoms with E-state index in [1.54, 1.807) is 12.1 Å². The lowest BCUT2D eigenvalue weighted by atomic mass is 9.98. The van der Waals surface area contributed by atoms with E-state index in [9.17, 15) is 18.0 Å². The van der Waals surface area contributed by atoms with Gasteiger partial charge >= 0.3 is 6.18 Å². The summed E-state index contributed by atoms with van der Waals surface area (Å²) in [4.78, 5) is 12.3. The summed E-state index contributed by atoms with van der Waals surface area (Å²) in [7, 11) is 0. The van der Waals surface area contributed by atoms with E-state index < -0.39 is 11.7 Å². The predicted octanol–water partition coefficient (Wildman–Crippen LogP) is 2.48. The molecule has 1 saturated heterocycles. The molecule has 4 nitrogen and oxygen atoms in total. The van der Waals surface area contributed by atoms with Crippen molar-refractivity contribution in [2.75, 3.05) is 13.1 Å². The zero-order valence-electron chi connectivity index (χ0n) is 12.8. The van der Waals surface area contributed by atoms with Crippen LogP contribution < -0.4 is 10.9 Å². The molecular formula is C17H16F3N3O. The van der Waals surface area contributed by atoms with E-state index in [1.807, 2.05) is 0 Å². The number of benzene rings is 1. The summed E-state index contributed by atoms with van der Waals surface area (Å²) in [6, 6.07) is 6.63. The number of halogens is 3. The van der Waals surface area contributed by atoms with Gasteiger partial charge in [-0.1, -0.05) is 12.1 Å². The summed E-state index contributed by atoms with van der Waals surface area (Å²) >= 11 is 0. The van der Waals surface area contributed by atoms with Crippen LogP contribution in [0.5, 0.6) is 0 Å². The van der Waals surface area contributed by atoms with Crippen molar-refractivity contribution < 1.29 is 13.2 Å². The first-order chi connectivity index (χ1) is 11.4. The molecule has 0 unspecified atom stereocenters. The smallest absolute Gasteiger partial charge is 0.315 e. The number of piperidine rings is 1. The third-order valence-electron chi connectivity index (χ3n) is 4.82. The molecule has 0 radical (unpaired) electrons. The van der Waals surface area contributed by atoms with Gasteiger partial charge < -0.3 is 5.32 Å². The molecule has 0 saturated carbocycles. The van der Waals surface area contributed by atoms with E-state index in [2.05, 4.69) is 10.4 Å². The summed E-state index contributed by atoms with van der Waals surface area (Å²) < 4.78 is 39.7. The van der Waals surface area contributed by atoms with Gasteiger partial charge in [0.15, 0.2) is 0 Å². The molecule has 1 N–H and O–H groups in total. The minimum atomic E-state index is -4.39. The number of alkyl halides is 3. The Hall–Kier alpha value is -2.15. The minimum Gasteiger partial charge on any atom is -0.315 e. The fraction of sp³-hybridized carbons (Fsp3) is 0.412. The third kappa shape index (κ3) is 2.62. The van der Waals surface area contributed by atoms with Gasteiger partial charge in [-0.25, -0.2) is 4.68 Å². The van der Waals surface area contributed by atoms with Gasteiger partial charge in [-0.05, 0) is 35.6 Å². The summed E-state index contributed by atoms with van der Waals surface area (Å²) in [5.41, 5.74) is 1.35. The molecule has 1 aliphatic heterocycles. The molecule has 1 aromatic heterocycles. The zero-order valence-corrected chi connectivity index (χ0v) is 12.8. The second-order valence-electron chi connectivity index (χ2n) is 6.47. The molecule has 0 amide bonds. The number of rotatable bonds is 2. The van der Waals surface area contributed by atoms with Gasteiger partial charge in [-0.3, -0.25) is 4.79 Å². The Morgan fingerprint density at radius 2 is 2.00 bits per heavy atom. The van der Waals surface area contributed by atoms with Crippen LogP contribution in [0.3, 0.4) is 0 Å². The molecule has 2 aromatic rings. The molecule has 126 valence electrons. The molecule has 2 atom stereocenters. The maximum Gasteiger partial charge on any atom is 0.416 e. The van der Waals surface area contributed by atoms with Crippen LogP contribution in [0.4, 0.5) is 13.2 Å². The van der Waals surface area contributed by atoms with Crippen LogP contribution in [0.2, 0.25) is 0 Å². The summed E-state index contributed by atoms with van der Waals surface area (Å²) in [5.74, 6) is 0.606. The lowest BCUT2D eigenvalue weighted by molar-refractivity contribution is -0.137. The highest BCUT2D eigenvalue weighted by Crippen LogP contribution is 2.41. The van der Waals surface area contributed by atoms with Crippen molar-refractivity contribution in [1.82, 2.24) is 15.1 Å². The Bertz CT molecular complexity index is 844. The van der Waals surface area contributed by atoms with Crippen LogP contribution in [0.1, 0.15) is 40.6 Å². The number of hydrogen-bond donors (Lipinski definition) is 1. The van der Waals surface area contributed by atoms with E-state index in [0.717, 1.165) is 42.9 Å². The average Bonchev–Trinajstić information content (AvgIpc) is 2.78. The Balaban J connectivity index is 1.68. The predicted molar refractivity (Wildman–Crippen MR) is 82.0 cm³/mol. The van der Waals surface area contributed by atoms with Crippen molar-refractivity contribution in [3.63, 3.8) is 0 Å². The highest BCUT2D eigenvalue weighted by Gasteiger charge is 2.36. The first kappa shape index (κ1) is 15.4. The number of hydrogen-bond acceptors (Lipinski definition) is 3. The Kier molecular flexibility index (Phi) is 3.49. The number of fused-ring (bicyclic) bond motifs is 5. The number of aromatic nitrogens is 2. The average molecular weight is 335 g/mol. The Morgan fingerprint density at radius 3 is 2.79 bits per heavy atom. The highest BCUT2D eigenvalue weighted by atomic mass is 19.4. The molecule has 1 aromatic carbocycles. The van der Waals surface area contributed by atoms with Crippen molar-refractivity contribution in [3.05, 3.63) is 63.1 Å². The lowest BCUT2D eigenvalue weighted by Crippen LogP contribution is -2.28. The summed E-state index contributed by atoms with van der Waals surface area (Å²) in [6.07, 6.45) is -3.41. The topological polar surface area (TPSA) is 46.9 Å². The van der Waals surface area contributed by atoms with Gasteiger partial charge in [0.05, 0.1) is 17.8 Å². The molecule has 2 bridgehead atoms. The number of nitrogens with zero attached hydrogens (tertiary/aromatic N) is 2. The zero-order chi connectivity index (χ0) is 16.9. The SMILES string of the molecule is O=c1cc2c(nn1Cc1cccc(C(F)(F)F)c1)[C@H]1CNC[C@@H]2C1. The first-order valence-corrected chi connectivity index (χ1v) is 7.90. The quantitative estimate of drug-likeness (QED) is 0.917. The van der Waals surface area contributed by atoms with Gasteiger partial charge in [-0.2, -0.15) is 18.3 Å². The third-order valence-corrected chi connectivity index (χ3v) is 4.82. The first-order valence-electron chi connectivity index (χ1n) is 7.90. The monoisotopic (exact) mass is 335 g/mol. The molecular weight excluding hydrogens is 319 g/mol. The molecule has 4 rings (SSSR count). The second kappa shape index (κ2) is 5.44. The van der Waals surface area contributed by atoms with Crippen molar-refractivity contribution >= 4 is 0 Å². The van der Waals surface area contributed by atoms with Gasteiger partial charge in [0.1, 0.15) is 0 Å². The Morgan fingerprint density at radius 1 is 1.21 bits per heavy atom. The van der Waals surface area contributed by atoms with Crippen molar-refractivity contribution in [2.24, 2.45) is 0 Å². The molecule has 7 heteroatoms. The molecule has 0 spiro atoms. The second-order valence-corrected chi connectivity index (χ2v) is 6.47. The highest BCUT2D eigenvalue weighted by molar-refractivity contribution is 5.34. The lowest BCUT2D eigenvalue weighted by Gasteiger charge is -2.19. The number of nitrogens with one attached hydrogen (secondary N) is 1. The van der Waals surface area contributed by atoms with Gasteiger partial charge in [0.25, 0.3) is 5.56 Å². The van der Waals surface area contributed by atoms with Gasteiger partial charge in [0, 0.05) is 25.1 Å². The van der Waals surface area contributed by atoms with E-state index >= 15 is 0 Å². The van der Waals surface area contributed by atoms with E-state index in [-0.39, 0.29) is 18.0 Å². The van der Waals surface area contributed by atoms with Crippen LogP contribution in [-0.2, 0) is 12.7 Å². The summed E-state index contributed by atoms with van der Waals surface area (Å²) in [6.45, 7) is 1.72. The van der Waals surface area contributed by atoms with Gasteiger partial charge in [0.2, 0.25) is 0 Å². The minimum absolute atomic E-state index is 0.0425. The molecule has 24 heavy (non-hydrogen) atoms. The maximum atomic E-state index is 12.8. The fourth-order valence-electron chi connectivity index (χ4n) is 3.68. The fourth-order valence-corrected chi connectivity index (χ4v) is 3.68. The Labute approximate surface area is 136 Å². The molecule has 2 aliphatic rings. The summed E-state index contributed by atoms with van der Waals surface area (Å²) in [5, 5.41) is 7.80. The van der Waals surface area contributed by atoms with Gasteiger partial charge in [-0.15, -0.1) is 0 Å². The maximum absolute atomic E-state index is 12.8. The van der Waals surface area contributed by atoms with Crippen molar-refractivity contribution in [1.29, 1.82) is 0 Å². The normalized spacial score (nSPS) is 22.5. The van der Waals surface area contributed by atoms with Crippen LogP contribution in [-0.4, -0.2) is 22.9 Å². The van der Waals surface area contributed by atoms with Crippen LogP contribution >= 0.6 is 0 Å². The molecule has 1 fully saturated rings. The van der Waals surface area contributed by atoms with Crippen LogP contribution in [0, 0.1) is 0 Å². The standard InChI is InChI=1S/C17H16F3N3O/c18-17(19,20)13-3-1-2-10(4-13)9-23-15(24)6-14-11-5-12(8-21-7-11)16(14)22-23/h1-4,6,11-12,21H,5,7-9H2/t11-,12+/m0/s1. The van der Waals surface area contributed by atoms with Crippen LogP contribution in [0.25, 0.3) is 0 Å². The largest absolute Gasteiger partial charge is 0.416 e. The van der Waals surface area contributed by atoms with Crippen molar-refractivity contribution in [2.45, 2.75) is 31.0 Å². The molecule has 1 aliphatic carbocycles. The van der Waals surface area contributed by atoms with E-state index in [4.69, 9.17) is 0 Å². The van der Waals surface area contributed by atoms with E-state index in [1.165, 1.54) is 10.7 Å². The van der Waals surface area contributed by atoms with Crippen molar-refractivity contribution in [3.8, 4) is 0 Å². The van der Waals surface area contributed by atoms with E-state index in [0.29, 0.717) is 11.5 Å². The van der Waals surface area contributed by atoms with Crippen LogP contribution in [0.15, 0.2) is 35.1 Å².